The second-order valence-corrected chi connectivity index (χ2v) is 12.9. The molecule has 2 heteroatoms. The molecule has 1 aliphatic carbocycles. The van der Waals surface area contributed by atoms with E-state index in [9.17, 15) is 0 Å². The molecule has 0 bridgehead atoms. The fourth-order valence-corrected chi connectivity index (χ4v) is 7.57. The van der Waals surface area contributed by atoms with Gasteiger partial charge in [-0.25, -0.2) is 0 Å². The van der Waals surface area contributed by atoms with Gasteiger partial charge in [-0.3, -0.25) is 0 Å². The van der Waals surface area contributed by atoms with Crippen molar-refractivity contribution in [2.45, 2.75) is 31.6 Å². The summed E-state index contributed by atoms with van der Waals surface area (Å²) in [5.41, 5.74) is 11.8. The Morgan fingerprint density at radius 3 is 1.81 bits per heavy atom. The minimum Gasteiger partial charge on any atom is -0.456 e. The zero-order valence-corrected chi connectivity index (χ0v) is 24.4. The average Bonchev–Trinajstić information content (AvgIpc) is 3.69. The molecule has 0 amide bonds. The highest BCUT2D eigenvalue weighted by Gasteiger charge is 2.48. The molecule has 43 heavy (non-hydrogen) atoms. The van der Waals surface area contributed by atoms with Gasteiger partial charge in [-0.15, -0.1) is 0 Å². The number of hydrogen-bond acceptors (Lipinski definition) is 2. The monoisotopic (exact) mass is 554 g/mol. The first-order valence-corrected chi connectivity index (χ1v) is 15.0. The van der Waals surface area contributed by atoms with E-state index < -0.39 is 5.41 Å². The largest absolute Gasteiger partial charge is 0.456 e. The Kier molecular flexibility index (Phi) is 4.84. The standard InChI is InChI=1S/C41H30O2/c1-40(2,3)27-18-22-34-30(24-27)28-19-20-32-38(39(28)43-34)37-31(21-23-35-36(37)29-16-10-11-17-33(29)42-35)41(32,25-12-6-4-7-13-25)26-14-8-5-9-15-26/h4-24H,1-3H3. The minimum atomic E-state index is -0.524. The summed E-state index contributed by atoms with van der Waals surface area (Å²) in [7, 11) is 0. The molecule has 0 saturated heterocycles. The predicted molar refractivity (Wildman–Crippen MR) is 177 cm³/mol. The lowest BCUT2D eigenvalue weighted by atomic mass is 9.67. The smallest absolute Gasteiger partial charge is 0.143 e. The molecular formula is C41H30O2. The van der Waals surface area contributed by atoms with Gasteiger partial charge in [0.1, 0.15) is 22.3 Å². The molecule has 8 aromatic rings. The van der Waals surface area contributed by atoms with Gasteiger partial charge in [-0.05, 0) is 57.5 Å². The molecule has 0 unspecified atom stereocenters. The Bertz CT molecular complexity index is 2320. The number of rotatable bonds is 2. The van der Waals surface area contributed by atoms with E-state index in [1.54, 1.807) is 0 Å². The minimum absolute atomic E-state index is 0.0404. The summed E-state index contributed by atoms with van der Waals surface area (Å²) in [5, 5.41) is 4.58. The molecule has 6 aromatic carbocycles. The van der Waals surface area contributed by atoms with Crippen LogP contribution in [0.5, 0.6) is 0 Å². The molecule has 2 nitrogen and oxygen atoms in total. The summed E-state index contributed by atoms with van der Waals surface area (Å²) < 4.78 is 13.4. The van der Waals surface area contributed by atoms with E-state index >= 15 is 0 Å². The van der Waals surface area contributed by atoms with E-state index in [4.69, 9.17) is 8.83 Å². The third-order valence-corrected chi connectivity index (χ3v) is 9.52. The first kappa shape index (κ1) is 24.5. The molecule has 0 atom stereocenters. The summed E-state index contributed by atoms with van der Waals surface area (Å²) in [4.78, 5) is 0. The van der Waals surface area contributed by atoms with E-state index in [1.165, 1.54) is 33.4 Å². The van der Waals surface area contributed by atoms with Crippen molar-refractivity contribution in [2.24, 2.45) is 0 Å². The highest BCUT2D eigenvalue weighted by molar-refractivity contribution is 6.20. The number of fused-ring (bicyclic) bond motifs is 11. The normalized spacial score (nSPS) is 14.1. The van der Waals surface area contributed by atoms with Gasteiger partial charge in [-0.1, -0.05) is 124 Å². The van der Waals surface area contributed by atoms with Crippen molar-refractivity contribution in [1.29, 1.82) is 0 Å². The van der Waals surface area contributed by atoms with Crippen molar-refractivity contribution in [3.05, 3.63) is 155 Å². The van der Waals surface area contributed by atoms with Crippen molar-refractivity contribution in [3.8, 4) is 11.1 Å². The molecule has 0 aliphatic heterocycles. The van der Waals surface area contributed by atoms with Crippen LogP contribution in [0.2, 0.25) is 0 Å². The van der Waals surface area contributed by atoms with Crippen LogP contribution >= 0.6 is 0 Å². The zero-order valence-electron chi connectivity index (χ0n) is 24.4. The molecule has 0 radical (unpaired) electrons. The Labute approximate surface area is 250 Å². The SMILES string of the molecule is CC(C)(C)c1ccc2oc3c4c(ccc3c2c1)C(c1ccccc1)(c1ccccc1)c1ccc2oc3ccccc3c2c1-4. The van der Waals surface area contributed by atoms with Crippen LogP contribution in [0.25, 0.3) is 55.0 Å². The van der Waals surface area contributed by atoms with Gasteiger partial charge in [0.05, 0.1) is 5.41 Å². The van der Waals surface area contributed by atoms with Crippen molar-refractivity contribution < 1.29 is 8.83 Å². The second-order valence-electron chi connectivity index (χ2n) is 12.9. The highest BCUT2D eigenvalue weighted by Crippen LogP contribution is 2.60. The summed E-state index contributed by atoms with van der Waals surface area (Å²) in [6.07, 6.45) is 0. The third-order valence-electron chi connectivity index (χ3n) is 9.52. The maximum atomic E-state index is 6.89. The van der Waals surface area contributed by atoms with Gasteiger partial charge >= 0.3 is 0 Å². The summed E-state index contributed by atoms with van der Waals surface area (Å²) >= 11 is 0. The van der Waals surface area contributed by atoms with Gasteiger partial charge < -0.3 is 8.83 Å². The second kappa shape index (κ2) is 8.49. The van der Waals surface area contributed by atoms with Crippen LogP contribution in [0.4, 0.5) is 0 Å². The Balaban J connectivity index is 1.52. The molecule has 0 fully saturated rings. The Hall–Kier alpha value is -5.08. The molecule has 0 saturated carbocycles. The van der Waals surface area contributed by atoms with Gasteiger partial charge in [0.2, 0.25) is 0 Å². The predicted octanol–water partition coefficient (Wildman–Crippen LogP) is 11.1. The van der Waals surface area contributed by atoms with Crippen LogP contribution in [-0.2, 0) is 10.8 Å². The van der Waals surface area contributed by atoms with Crippen molar-refractivity contribution >= 4 is 43.9 Å². The average molecular weight is 555 g/mol. The molecule has 206 valence electrons. The molecule has 0 spiro atoms. The van der Waals surface area contributed by atoms with Gasteiger partial charge in [0.25, 0.3) is 0 Å². The fourth-order valence-electron chi connectivity index (χ4n) is 7.57. The van der Waals surface area contributed by atoms with Crippen LogP contribution in [-0.4, -0.2) is 0 Å². The molecular weight excluding hydrogens is 524 g/mol. The summed E-state index contributed by atoms with van der Waals surface area (Å²) in [5.74, 6) is 0. The van der Waals surface area contributed by atoms with Gasteiger partial charge in [0, 0.05) is 32.7 Å². The molecule has 0 N–H and O–H groups in total. The Morgan fingerprint density at radius 1 is 0.488 bits per heavy atom. The summed E-state index contributed by atoms with van der Waals surface area (Å²) in [6.45, 7) is 6.79. The van der Waals surface area contributed by atoms with Crippen LogP contribution in [0.1, 0.15) is 48.6 Å². The van der Waals surface area contributed by atoms with Crippen LogP contribution < -0.4 is 0 Å². The molecule has 9 rings (SSSR count). The van der Waals surface area contributed by atoms with Crippen molar-refractivity contribution in [1.82, 2.24) is 0 Å². The van der Waals surface area contributed by atoms with E-state index in [1.807, 2.05) is 6.07 Å². The topological polar surface area (TPSA) is 26.3 Å². The first-order valence-electron chi connectivity index (χ1n) is 15.0. The van der Waals surface area contributed by atoms with Crippen molar-refractivity contribution in [3.63, 3.8) is 0 Å². The number of para-hydroxylation sites is 1. The molecule has 1 aliphatic rings. The third kappa shape index (κ3) is 3.18. The maximum absolute atomic E-state index is 6.89. The van der Waals surface area contributed by atoms with E-state index in [0.717, 1.165) is 49.4 Å². The first-order chi connectivity index (χ1) is 21.0. The van der Waals surface area contributed by atoms with Crippen LogP contribution in [0.15, 0.2) is 136 Å². The highest BCUT2D eigenvalue weighted by atomic mass is 16.3. The van der Waals surface area contributed by atoms with Gasteiger partial charge in [-0.2, -0.15) is 0 Å². The number of furan rings is 2. The lowest BCUT2D eigenvalue weighted by molar-refractivity contribution is 0.590. The van der Waals surface area contributed by atoms with Crippen molar-refractivity contribution in [2.75, 3.05) is 0 Å². The lowest BCUT2D eigenvalue weighted by Gasteiger charge is -2.33. The fraction of sp³-hybridized carbons (Fsp3) is 0.122. The quantitative estimate of drug-likeness (QED) is 0.212. The van der Waals surface area contributed by atoms with E-state index in [0.29, 0.717) is 0 Å². The van der Waals surface area contributed by atoms with E-state index in [-0.39, 0.29) is 5.41 Å². The lowest BCUT2D eigenvalue weighted by Crippen LogP contribution is -2.28. The number of benzene rings is 6. The zero-order chi connectivity index (χ0) is 28.9. The van der Waals surface area contributed by atoms with Crippen LogP contribution in [0, 0.1) is 0 Å². The van der Waals surface area contributed by atoms with E-state index in [2.05, 4.69) is 142 Å². The number of hydrogen-bond donors (Lipinski definition) is 0. The molecule has 2 aromatic heterocycles. The van der Waals surface area contributed by atoms with Crippen LogP contribution in [0.3, 0.4) is 0 Å². The maximum Gasteiger partial charge on any atom is 0.143 e. The Morgan fingerprint density at radius 2 is 1.09 bits per heavy atom. The molecule has 2 heterocycles. The summed E-state index contributed by atoms with van der Waals surface area (Å²) in [6, 6.07) is 46.0. The van der Waals surface area contributed by atoms with Gasteiger partial charge in [0.15, 0.2) is 0 Å².